The minimum atomic E-state index is -1.01. The quantitative estimate of drug-likeness (QED) is 0.601. The normalized spacial score (nSPS) is 26.2. The molecule has 4 nitrogen and oxygen atoms in total. The third kappa shape index (κ3) is 1.58. The van der Waals surface area contributed by atoms with Crippen LogP contribution in [0.5, 0.6) is 0 Å². The predicted molar refractivity (Wildman–Crippen MR) is 62.0 cm³/mol. The lowest BCUT2D eigenvalue weighted by Gasteiger charge is -2.02. The van der Waals surface area contributed by atoms with Gasteiger partial charge < -0.3 is 0 Å². The SMILES string of the molecule is [2H]C1C(=C(C#N)C#N)C2=C(C(=C(C#N)C#N)CC2)C1[2H]. The predicted octanol–water partition coefficient (Wildman–Crippen LogP) is 2.56. The van der Waals surface area contributed by atoms with Gasteiger partial charge in [-0.3, -0.25) is 0 Å². The van der Waals surface area contributed by atoms with Crippen LogP contribution in [-0.2, 0) is 0 Å². The van der Waals surface area contributed by atoms with Crippen LogP contribution < -0.4 is 0 Å². The molecule has 0 heterocycles. The molecule has 2 aliphatic carbocycles. The van der Waals surface area contributed by atoms with E-state index in [4.69, 9.17) is 23.8 Å². The van der Waals surface area contributed by atoms with Crippen molar-refractivity contribution in [3.63, 3.8) is 0 Å². The third-order valence-electron chi connectivity index (χ3n) is 3.04. The van der Waals surface area contributed by atoms with Gasteiger partial charge in [0.2, 0.25) is 0 Å². The first-order valence-corrected chi connectivity index (χ1v) is 5.26. The molecule has 2 atom stereocenters. The Hall–Kier alpha value is -2.82. The van der Waals surface area contributed by atoms with Gasteiger partial charge >= 0.3 is 0 Å². The molecule has 0 radical (unpaired) electrons. The first-order chi connectivity index (χ1) is 9.60. The largest absolute Gasteiger partial charge is 0.192 e. The molecule has 0 aliphatic heterocycles. The molecule has 0 aromatic rings. The topological polar surface area (TPSA) is 95.2 Å². The van der Waals surface area contributed by atoms with Crippen LogP contribution in [0.15, 0.2) is 33.4 Å². The zero-order chi connectivity index (χ0) is 14.9. The fourth-order valence-electron chi connectivity index (χ4n) is 2.25. The van der Waals surface area contributed by atoms with Crippen LogP contribution in [-0.4, -0.2) is 0 Å². The highest BCUT2D eigenvalue weighted by Gasteiger charge is 2.31. The van der Waals surface area contributed by atoms with Gasteiger partial charge in [0.1, 0.15) is 35.4 Å². The number of hydrogen-bond acceptors (Lipinski definition) is 4. The molecule has 0 N–H and O–H groups in total. The summed E-state index contributed by atoms with van der Waals surface area (Å²) in [4.78, 5) is 0. The fourth-order valence-corrected chi connectivity index (χ4v) is 2.25. The average Bonchev–Trinajstić information content (AvgIpc) is 2.97. The molecule has 2 rings (SSSR count). The molecule has 0 bridgehead atoms. The summed E-state index contributed by atoms with van der Waals surface area (Å²) in [5.41, 5.74) is 1.70. The molecule has 18 heavy (non-hydrogen) atoms. The Balaban J connectivity index is 2.73. The fraction of sp³-hybridized carbons (Fsp3) is 0.286. The highest BCUT2D eigenvalue weighted by Crippen LogP contribution is 2.47. The standard InChI is InChI=1S/C14H8N4/c15-5-9(6-16)11-1-3-13-12(2-4-14(11)13)10(7-17)8-18/h1-4H2/i1D,3D. The summed E-state index contributed by atoms with van der Waals surface area (Å²) in [6, 6.07) is 7.14. The van der Waals surface area contributed by atoms with Crippen molar-refractivity contribution < 1.29 is 2.74 Å². The zero-order valence-electron chi connectivity index (χ0n) is 11.4. The Labute approximate surface area is 108 Å². The van der Waals surface area contributed by atoms with Crippen LogP contribution in [0.2, 0.25) is 0 Å². The van der Waals surface area contributed by atoms with E-state index in [0.717, 1.165) is 0 Å². The minimum Gasteiger partial charge on any atom is -0.192 e. The van der Waals surface area contributed by atoms with E-state index in [1.807, 2.05) is 12.1 Å². The highest BCUT2D eigenvalue weighted by atomic mass is 14.4. The van der Waals surface area contributed by atoms with Gasteiger partial charge in [0.25, 0.3) is 0 Å². The van der Waals surface area contributed by atoms with Crippen molar-refractivity contribution in [2.45, 2.75) is 25.6 Å². The molecule has 84 valence electrons. The molecule has 0 amide bonds. The van der Waals surface area contributed by atoms with E-state index < -0.39 is 12.8 Å². The van der Waals surface area contributed by atoms with E-state index in [1.54, 1.807) is 12.1 Å². The molecule has 2 aliphatic rings. The first-order valence-electron chi connectivity index (χ1n) is 6.42. The monoisotopic (exact) mass is 234 g/mol. The molecule has 4 heteroatoms. The van der Waals surface area contributed by atoms with E-state index in [1.165, 1.54) is 0 Å². The van der Waals surface area contributed by atoms with Gasteiger partial charge in [-0.25, -0.2) is 0 Å². The Morgan fingerprint density at radius 3 is 1.89 bits per heavy atom. The summed E-state index contributed by atoms with van der Waals surface area (Å²) in [6.45, 7) is 0. The number of nitriles is 4. The van der Waals surface area contributed by atoms with Crippen molar-refractivity contribution in [2.24, 2.45) is 0 Å². The summed E-state index contributed by atoms with van der Waals surface area (Å²) in [7, 11) is 0. The number of hydrogen-bond donors (Lipinski definition) is 0. The van der Waals surface area contributed by atoms with E-state index in [0.29, 0.717) is 29.6 Å². The van der Waals surface area contributed by atoms with Crippen molar-refractivity contribution in [2.75, 3.05) is 0 Å². The molecule has 0 aromatic carbocycles. The second-order valence-corrected chi connectivity index (χ2v) is 3.82. The molecular formula is C14H8N4. The molecule has 0 fully saturated rings. The second kappa shape index (κ2) is 4.58. The van der Waals surface area contributed by atoms with Crippen LogP contribution in [0.1, 0.15) is 28.4 Å². The van der Waals surface area contributed by atoms with Crippen molar-refractivity contribution in [3.8, 4) is 24.3 Å². The smallest absolute Gasteiger partial charge is 0.133 e. The summed E-state index contributed by atoms with van der Waals surface area (Å²) in [5.74, 6) is 0. The summed E-state index contributed by atoms with van der Waals surface area (Å²) in [6.07, 6.45) is -1.06. The van der Waals surface area contributed by atoms with Gasteiger partial charge in [-0.05, 0) is 47.9 Å². The van der Waals surface area contributed by atoms with Crippen molar-refractivity contribution in [1.82, 2.24) is 0 Å². The van der Waals surface area contributed by atoms with Crippen LogP contribution in [0.4, 0.5) is 0 Å². The summed E-state index contributed by atoms with van der Waals surface area (Å²) in [5, 5.41) is 35.8. The van der Waals surface area contributed by atoms with Crippen LogP contribution in [0, 0.1) is 45.3 Å². The molecule has 0 saturated carbocycles. The van der Waals surface area contributed by atoms with Crippen LogP contribution in [0.3, 0.4) is 0 Å². The molecule has 0 aromatic heterocycles. The average molecular weight is 234 g/mol. The minimum absolute atomic E-state index is 0.0452. The lowest BCUT2D eigenvalue weighted by Crippen LogP contribution is -1.89. The van der Waals surface area contributed by atoms with Gasteiger partial charge in [0.05, 0.1) is 0 Å². The van der Waals surface area contributed by atoms with Crippen LogP contribution >= 0.6 is 0 Å². The Bertz CT molecular complexity index is 712. The van der Waals surface area contributed by atoms with Gasteiger partial charge in [-0.15, -0.1) is 0 Å². The maximum Gasteiger partial charge on any atom is 0.133 e. The van der Waals surface area contributed by atoms with Crippen molar-refractivity contribution >= 4 is 0 Å². The first kappa shape index (κ1) is 9.23. The van der Waals surface area contributed by atoms with E-state index in [2.05, 4.69) is 0 Å². The Kier molecular flexibility index (Phi) is 2.35. The second-order valence-electron chi connectivity index (χ2n) is 3.82. The van der Waals surface area contributed by atoms with Gasteiger partial charge in [-0.1, -0.05) is 0 Å². The van der Waals surface area contributed by atoms with E-state index in [9.17, 15) is 0 Å². The Morgan fingerprint density at radius 2 is 1.33 bits per heavy atom. The lowest BCUT2D eigenvalue weighted by molar-refractivity contribution is 0.926. The van der Waals surface area contributed by atoms with Gasteiger partial charge in [-0.2, -0.15) is 21.0 Å². The number of rotatable bonds is 0. The number of nitrogens with zero attached hydrogens (tertiary/aromatic N) is 4. The van der Waals surface area contributed by atoms with Crippen molar-refractivity contribution in [1.29, 1.82) is 21.0 Å². The van der Waals surface area contributed by atoms with E-state index >= 15 is 0 Å². The zero-order valence-corrected chi connectivity index (χ0v) is 9.36. The van der Waals surface area contributed by atoms with Crippen LogP contribution in [0.25, 0.3) is 0 Å². The molecule has 0 saturated heterocycles. The summed E-state index contributed by atoms with van der Waals surface area (Å²) < 4.78 is 16.1. The highest BCUT2D eigenvalue weighted by molar-refractivity contribution is 5.63. The third-order valence-corrected chi connectivity index (χ3v) is 3.04. The van der Waals surface area contributed by atoms with E-state index in [-0.39, 0.29) is 16.7 Å². The Morgan fingerprint density at radius 1 is 0.778 bits per heavy atom. The maximum absolute atomic E-state index is 8.96. The summed E-state index contributed by atoms with van der Waals surface area (Å²) >= 11 is 0. The lowest BCUT2D eigenvalue weighted by atomic mass is 10.00. The van der Waals surface area contributed by atoms with Gasteiger partial charge in [0.15, 0.2) is 0 Å². The van der Waals surface area contributed by atoms with Crippen molar-refractivity contribution in [3.05, 3.63) is 33.4 Å². The molecular weight excluding hydrogens is 224 g/mol. The molecule has 0 spiro atoms. The van der Waals surface area contributed by atoms with Gasteiger partial charge in [0, 0.05) is 2.74 Å². The molecule has 2 unspecified atom stereocenters. The number of allylic oxidation sites excluding steroid dienone is 6. The maximum atomic E-state index is 8.96.